The third kappa shape index (κ3) is 3.65. The molecule has 2 aromatic rings. The molecule has 0 saturated carbocycles. The van der Waals surface area contributed by atoms with Crippen LogP contribution in [0.2, 0.25) is 0 Å². The van der Waals surface area contributed by atoms with E-state index in [4.69, 9.17) is 45.0 Å². The maximum Gasteiger partial charge on any atom is 0.433 e. The minimum atomic E-state index is -2.82. The molecule has 116 valence electrons. The predicted octanol–water partition coefficient (Wildman–Crippen LogP) is 6.26. The molecule has 0 fully saturated rings. The Morgan fingerprint density at radius 3 is 1.68 bits per heavy atom. The van der Waals surface area contributed by atoms with E-state index >= 15 is 0 Å². The SMILES string of the molecule is ClP1(Cl)=N[P+](Cl)(Cl)N[P+](c2ccccc2)(c2ccccc2)N1. The van der Waals surface area contributed by atoms with Gasteiger partial charge in [-0.1, -0.05) is 41.3 Å². The molecule has 3 nitrogen and oxygen atoms in total. The van der Waals surface area contributed by atoms with Crippen LogP contribution in [0.5, 0.6) is 0 Å². The maximum absolute atomic E-state index is 6.39. The fraction of sp³-hybridized carbons (Fsp3) is 0. The molecule has 0 aliphatic carbocycles. The van der Waals surface area contributed by atoms with E-state index in [1.165, 1.54) is 0 Å². The highest BCUT2D eigenvalue weighted by Gasteiger charge is 2.63. The van der Waals surface area contributed by atoms with E-state index in [1.54, 1.807) is 0 Å². The molecule has 2 N–H and O–H groups in total. The third-order valence-corrected chi connectivity index (χ3v) is 16.5. The van der Waals surface area contributed by atoms with Gasteiger partial charge in [0.25, 0.3) is 13.5 Å². The summed E-state index contributed by atoms with van der Waals surface area (Å²) < 4.78 is 4.18. The van der Waals surface area contributed by atoms with Crippen LogP contribution in [0.4, 0.5) is 0 Å². The molecule has 0 amide bonds. The molecular weight excluding hydrogens is 421 g/mol. The van der Waals surface area contributed by atoms with Gasteiger partial charge in [-0.25, -0.2) is 0 Å². The minimum Gasteiger partial charge on any atom is -0.0970 e. The summed E-state index contributed by atoms with van der Waals surface area (Å²) >= 11 is 25.5. The van der Waals surface area contributed by atoms with Crippen LogP contribution in [0.3, 0.4) is 0 Å². The average Bonchev–Trinajstić information content (AvgIpc) is 2.46. The topological polar surface area (TPSA) is 36.4 Å². The van der Waals surface area contributed by atoms with Crippen molar-refractivity contribution in [1.29, 1.82) is 0 Å². The molecule has 0 bridgehead atoms. The van der Waals surface area contributed by atoms with Crippen molar-refractivity contribution in [2.45, 2.75) is 0 Å². The summed E-state index contributed by atoms with van der Waals surface area (Å²) in [5.74, 6) is -2.82. The van der Waals surface area contributed by atoms with Crippen LogP contribution in [0.25, 0.3) is 0 Å². The lowest BCUT2D eigenvalue weighted by Crippen LogP contribution is -2.40. The van der Waals surface area contributed by atoms with Crippen LogP contribution < -0.4 is 20.3 Å². The smallest absolute Gasteiger partial charge is 0.0970 e. The lowest BCUT2D eigenvalue weighted by atomic mass is 10.4. The van der Waals surface area contributed by atoms with Crippen LogP contribution in [-0.4, -0.2) is 0 Å². The number of hydrogen-bond donors (Lipinski definition) is 2. The number of rotatable bonds is 2. The van der Waals surface area contributed by atoms with Crippen molar-refractivity contribution in [2.24, 2.45) is 4.52 Å². The van der Waals surface area contributed by atoms with Gasteiger partial charge in [-0.05, 0) is 51.3 Å². The minimum absolute atomic E-state index is 1.02. The Labute approximate surface area is 149 Å². The molecule has 3 rings (SSSR count). The number of halogens is 4. The molecule has 1 aliphatic heterocycles. The van der Waals surface area contributed by atoms with Crippen LogP contribution in [0.1, 0.15) is 0 Å². The standard InChI is InChI=1S/C12H12Cl4N3P3/c13-21(14)17-20(18-22(15,16)19-21,11-7-3-1-4-8-11)12-9-5-2-6-10-12/h1-10,17-18H/q+2. The fourth-order valence-corrected chi connectivity index (χ4v) is 20.2. The molecule has 0 spiro atoms. The second-order valence-corrected chi connectivity index (χ2v) is 18.1. The van der Waals surface area contributed by atoms with E-state index in [-0.39, 0.29) is 0 Å². The second kappa shape index (κ2) is 6.49. The average molecular weight is 433 g/mol. The lowest BCUT2D eigenvalue weighted by Gasteiger charge is -2.30. The molecule has 1 aliphatic rings. The summed E-state index contributed by atoms with van der Waals surface area (Å²) in [5, 5.41) is 2.04. The summed E-state index contributed by atoms with van der Waals surface area (Å²) in [6.07, 6.45) is -2.82. The summed E-state index contributed by atoms with van der Waals surface area (Å²) in [4.78, 5) is 6.66. The molecule has 1 heterocycles. The van der Waals surface area contributed by atoms with Crippen molar-refractivity contribution < 1.29 is 0 Å². The van der Waals surface area contributed by atoms with E-state index in [2.05, 4.69) is 14.2 Å². The summed E-state index contributed by atoms with van der Waals surface area (Å²) in [5.41, 5.74) is 0. The Kier molecular flexibility index (Phi) is 5.14. The predicted molar refractivity (Wildman–Crippen MR) is 105 cm³/mol. The van der Waals surface area contributed by atoms with Gasteiger partial charge in [0.1, 0.15) is 10.6 Å². The van der Waals surface area contributed by atoms with E-state index < -0.39 is 19.7 Å². The first-order chi connectivity index (χ1) is 10.3. The second-order valence-electron chi connectivity index (χ2n) is 4.60. The van der Waals surface area contributed by atoms with Crippen LogP contribution in [-0.2, 0) is 0 Å². The molecule has 0 saturated heterocycles. The molecule has 0 atom stereocenters. The Morgan fingerprint density at radius 1 is 0.818 bits per heavy atom. The molecule has 0 aromatic heterocycles. The van der Waals surface area contributed by atoms with Gasteiger partial charge in [-0.15, -0.1) is 0 Å². The first kappa shape index (κ1) is 17.4. The zero-order valence-corrected chi connectivity index (χ0v) is 16.8. The number of nitrogens with one attached hydrogen (secondary N) is 2. The van der Waals surface area contributed by atoms with E-state index in [0.717, 1.165) is 10.6 Å². The monoisotopic (exact) mass is 431 g/mol. The Bertz CT molecular complexity index is 681. The molecule has 10 heteroatoms. The molecular formula is C12H12Cl4N3P3+2. The van der Waals surface area contributed by atoms with E-state index in [9.17, 15) is 0 Å². The Balaban J connectivity index is 2.25. The van der Waals surface area contributed by atoms with Crippen LogP contribution in [0.15, 0.2) is 65.2 Å². The van der Waals surface area contributed by atoms with Gasteiger partial charge in [0, 0.05) is 4.86 Å². The van der Waals surface area contributed by atoms with Gasteiger partial charge in [0.2, 0.25) is 0 Å². The summed E-state index contributed by atoms with van der Waals surface area (Å²) in [6, 6.07) is 19.8. The van der Waals surface area contributed by atoms with Crippen molar-refractivity contribution in [3.8, 4) is 0 Å². The van der Waals surface area contributed by atoms with E-state index in [1.807, 2.05) is 60.7 Å². The van der Waals surface area contributed by atoms with E-state index in [0.29, 0.717) is 0 Å². The van der Waals surface area contributed by atoms with Crippen molar-refractivity contribution >= 4 is 75.3 Å². The largest absolute Gasteiger partial charge is 0.433 e. The molecule has 2 aromatic carbocycles. The quantitative estimate of drug-likeness (QED) is 0.549. The normalized spacial score (nSPS) is 21.8. The summed E-state index contributed by atoms with van der Waals surface area (Å²) in [7, 11) is -2.36. The number of benzene rings is 2. The lowest BCUT2D eigenvalue weighted by molar-refractivity contribution is 1.43. The highest BCUT2D eigenvalue weighted by atomic mass is 35.9. The zero-order valence-electron chi connectivity index (χ0n) is 11.1. The molecule has 0 radical (unpaired) electrons. The number of nitrogens with zero attached hydrogens (tertiary/aromatic N) is 1. The van der Waals surface area contributed by atoms with Gasteiger partial charge in [-0.2, -0.15) is 0 Å². The van der Waals surface area contributed by atoms with Crippen molar-refractivity contribution in [1.82, 2.24) is 9.72 Å². The van der Waals surface area contributed by atoms with Crippen molar-refractivity contribution in [2.75, 3.05) is 0 Å². The first-order valence-corrected chi connectivity index (χ1v) is 15.1. The van der Waals surface area contributed by atoms with Crippen molar-refractivity contribution in [3.63, 3.8) is 0 Å². The Hall–Kier alpha value is 0.610. The van der Waals surface area contributed by atoms with Crippen LogP contribution >= 0.6 is 64.7 Å². The van der Waals surface area contributed by atoms with Gasteiger partial charge >= 0.3 is 6.27 Å². The van der Waals surface area contributed by atoms with Gasteiger partial charge < -0.3 is 0 Å². The summed E-state index contributed by atoms with van der Waals surface area (Å²) in [6.45, 7) is 0. The fourth-order valence-electron chi connectivity index (χ4n) is 2.25. The molecule has 22 heavy (non-hydrogen) atoms. The van der Waals surface area contributed by atoms with Gasteiger partial charge in [0.15, 0.2) is 22.5 Å². The molecule has 0 unspecified atom stereocenters. The Morgan fingerprint density at radius 2 is 1.27 bits per heavy atom. The first-order valence-electron chi connectivity index (χ1n) is 6.24. The van der Waals surface area contributed by atoms with Gasteiger partial charge in [0.05, 0.1) is 0 Å². The van der Waals surface area contributed by atoms with Gasteiger partial charge in [-0.3, -0.25) is 0 Å². The third-order valence-electron chi connectivity index (χ3n) is 3.05. The highest BCUT2D eigenvalue weighted by molar-refractivity contribution is 8.28. The van der Waals surface area contributed by atoms with Crippen molar-refractivity contribution in [3.05, 3.63) is 60.7 Å². The van der Waals surface area contributed by atoms with Crippen LogP contribution in [0, 0.1) is 0 Å². The maximum atomic E-state index is 6.39. The highest BCUT2D eigenvalue weighted by Crippen LogP contribution is 2.86. The zero-order chi connectivity index (χ0) is 15.8. The number of hydrogen-bond acceptors (Lipinski definition) is 3.